The fourth-order valence-electron chi connectivity index (χ4n) is 2.11. The van der Waals surface area contributed by atoms with E-state index in [-0.39, 0.29) is 11.4 Å². The van der Waals surface area contributed by atoms with Crippen molar-refractivity contribution in [3.63, 3.8) is 0 Å². The van der Waals surface area contributed by atoms with Gasteiger partial charge in [-0.3, -0.25) is 0 Å². The first kappa shape index (κ1) is 13.6. The van der Waals surface area contributed by atoms with Crippen molar-refractivity contribution in [2.24, 2.45) is 0 Å². The SMILES string of the molecule is CNC(c1ccc(F)c(C)c1)c1c(F)cccc1F. The Labute approximate surface area is 110 Å². The standard InChI is InChI=1S/C15H14F3N/c1-9-8-10(6-7-11(9)16)15(19-2)14-12(17)4-3-5-13(14)18/h3-8,15,19H,1-2H3. The van der Waals surface area contributed by atoms with Crippen LogP contribution in [0.4, 0.5) is 13.2 Å². The summed E-state index contributed by atoms with van der Waals surface area (Å²) in [6, 6.07) is 7.49. The monoisotopic (exact) mass is 265 g/mol. The zero-order valence-electron chi connectivity index (χ0n) is 10.7. The Morgan fingerprint density at radius 2 is 1.58 bits per heavy atom. The summed E-state index contributed by atoms with van der Waals surface area (Å²) in [6.45, 7) is 1.61. The highest BCUT2D eigenvalue weighted by molar-refractivity contribution is 5.36. The van der Waals surface area contributed by atoms with Crippen LogP contribution in [0.2, 0.25) is 0 Å². The quantitative estimate of drug-likeness (QED) is 0.891. The maximum absolute atomic E-state index is 13.8. The molecule has 0 amide bonds. The van der Waals surface area contributed by atoms with Crippen LogP contribution in [0.25, 0.3) is 0 Å². The van der Waals surface area contributed by atoms with Crippen LogP contribution in [0.3, 0.4) is 0 Å². The summed E-state index contributed by atoms with van der Waals surface area (Å²) in [5.74, 6) is -1.59. The van der Waals surface area contributed by atoms with Crippen molar-refractivity contribution in [1.82, 2.24) is 5.32 Å². The first-order valence-electron chi connectivity index (χ1n) is 5.92. The number of nitrogens with one attached hydrogen (secondary N) is 1. The van der Waals surface area contributed by atoms with Crippen molar-refractivity contribution in [2.75, 3.05) is 7.05 Å². The lowest BCUT2D eigenvalue weighted by Crippen LogP contribution is -2.20. The van der Waals surface area contributed by atoms with Gasteiger partial charge in [-0.15, -0.1) is 0 Å². The molecule has 0 saturated carbocycles. The summed E-state index contributed by atoms with van der Waals surface area (Å²) in [5.41, 5.74) is 0.996. The van der Waals surface area contributed by atoms with Gasteiger partial charge in [0.15, 0.2) is 0 Å². The third kappa shape index (κ3) is 2.63. The molecule has 1 unspecified atom stereocenters. The number of benzene rings is 2. The minimum absolute atomic E-state index is 0.0593. The molecule has 0 aliphatic rings. The van der Waals surface area contributed by atoms with E-state index < -0.39 is 17.7 Å². The smallest absolute Gasteiger partial charge is 0.131 e. The van der Waals surface area contributed by atoms with Crippen molar-refractivity contribution in [3.05, 3.63) is 70.5 Å². The van der Waals surface area contributed by atoms with Crippen molar-refractivity contribution in [1.29, 1.82) is 0 Å². The van der Waals surface area contributed by atoms with Crippen LogP contribution in [0.5, 0.6) is 0 Å². The molecule has 2 aromatic rings. The van der Waals surface area contributed by atoms with Gasteiger partial charge in [-0.05, 0) is 43.3 Å². The van der Waals surface area contributed by atoms with Gasteiger partial charge in [-0.2, -0.15) is 0 Å². The maximum atomic E-state index is 13.8. The molecule has 0 aliphatic carbocycles. The van der Waals surface area contributed by atoms with E-state index in [0.717, 1.165) is 0 Å². The third-order valence-electron chi connectivity index (χ3n) is 3.09. The van der Waals surface area contributed by atoms with Gasteiger partial charge >= 0.3 is 0 Å². The molecule has 0 spiro atoms. The molecule has 0 aromatic heterocycles. The molecule has 0 saturated heterocycles. The van der Waals surface area contributed by atoms with E-state index in [9.17, 15) is 13.2 Å². The van der Waals surface area contributed by atoms with Crippen LogP contribution in [0, 0.1) is 24.4 Å². The van der Waals surface area contributed by atoms with E-state index in [0.29, 0.717) is 11.1 Å². The number of hydrogen-bond donors (Lipinski definition) is 1. The molecule has 2 aromatic carbocycles. The average molecular weight is 265 g/mol. The summed E-state index contributed by atoms with van der Waals surface area (Å²) in [6.07, 6.45) is 0. The molecule has 0 bridgehead atoms. The highest BCUT2D eigenvalue weighted by Crippen LogP contribution is 2.27. The fourth-order valence-corrected chi connectivity index (χ4v) is 2.11. The van der Waals surface area contributed by atoms with Crippen LogP contribution < -0.4 is 5.32 Å². The van der Waals surface area contributed by atoms with Crippen LogP contribution in [-0.4, -0.2) is 7.05 Å². The summed E-state index contributed by atoms with van der Waals surface area (Å²) < 4.78 is 40.9. The van der Waals surface area contributed by atoms with E-state index in [1.54, 1.807) is 20.0 Å². The second-order valence-electron chi connectivity index (χ2n) is 4.37. The molecule has 1 nitrogen and oxygen atoms in total. The van der Waals surface area contributed by atoms with Gasteiger partial charge < -0.3 is 5.32 Å². The van der Waals surface area contributed by atoms with E-state index in [1.807, 2.05) is 0 Å². The van der Waals surface area contributed by atoms with Crippen LogP contribution in [-0.2, 0) is 0 Å². The molecular formula is C15H14F3N. The van der Waals surface area contributed by atoms with Crippen LogP contribution in [0.1, 0.15) is 22.7 Å². The number of halogens is 3. The Hall–Kier alpha value is -1.81. The predicted molar refractivity (Wildman–Crippen MR) is 68.4 cm³/mol. The molecule has 100 valence electrons. The van der Waals surface area contributed by atoms with Gasteiger partial charge in [0.05, 0.1) is 6.04 Å². The van der Waals surface area contributed by atoms with Crippen molar-refractivity contribution in [3.8, 4) is 0 Å². The number of rotatable bonds is 3. The minimum Gasteiger partial charge on any atom is -0.309 e. The summed E-state index contributed by atoms with van der Waals surface area (Å²) in [4.78, 5) is 0. The summed E-state index contributed by atoms with van der Waals surface area (Å²) in [7, 11) is 1.61. The third-order valence-corrected chi connectivity index (χ3v) is 3.09. The van der Waals surface area contributed by atoms with Crippen molar-refractivity contribution >= 4 is 0 Å². The van der Waals surface area contributed by atoms with Crippen LogP contribution >= 0.6 is 0 Å². The summed E-state index contributed by atoms with van der Waals surface area (Å²) in [5, 5.41) is 2.86. The highest BCUT2D eigenvalue weighted by Gasteiger charge is 2.20. The first-order valence-corrected chi connectivity index (χ1v) is 5.92. The van der Waals surface area contributed by atoms with Gasteiger partial charge in [-0.25, -0.2) is 13.2 Å². The lowest BCUT2D eigenvalue weighted by Gasteiger charge is -2.19. The van der Waals surface area contributed by atoms with Gasteiger partial charge in [-0.1, -0.05) is 18.2 Å². The Balaban J connectivity index is 2.53. The van der Waals surface area contributed by atoms with Crippen molar-refractivity contribution in [2.45, 2.75) is 13.0 Å². The largest absolute Gasteiger partial charge is 0.309 e. The molecule has 2 rings (SSSR count). The van der Waals surface area contributed by atoms with Gasteiger partial charge in [0, 0.05) is 5.56 Å². The second kappa shape index (κ2) is 5.45. The Morgan fingerprint density at radius 3 is 2.11 bits per heavy atom. The Morgan fingerprint density at radius 1 is 0.947 bits per heavy atom. The molecule has 1 N–H and O–H groups in total. The molecular weight excluding hydrogens is 251 g/mol. The zero-order valence-corrected chi connectivity index (χ0v) is 10.7. The molecule has 4 heteroatoms. The maximum Gasteiger partial charge on any atom is 0.131 e. The van der Waals surface area contributed by atoms with Gasteiger partial charge in [0.1, 0.15) is 17.5 Å². The van der Waals surface area contributed by atoms with E-state index in [1.165, 1.54) is 30.3 Å². The van der Waals surface area contributed by atoms with Gasteiger partial charge in [0.25, 0.3) is 0 Å². The number of hydrogen-bond acceptors (Lipinski definition) is 1. The molecule has 1 atom stereocenters. The van der Waals surface area contributed by atoms with E-state index in [2.05, 4.69) is 5.32 Å². The zero-order chi connectivity index (χ0) is 14.0. The molecule has 0 heterocycles. The second-order valence-corrected chi connectivity index (χ2v) is 4.37. The average Bonchev–Trinajstić information content (AvgIpc) is 2.37. The Kier molecular flexibility index (Phi) is 3.90. The lowest BCUT2D eigenvalue weighted by molar-refractivity contribution is 0.521. The normalized spacial score (nSPS) is 12.5. The van der Waals surface area contributed by atoms with E-state index in [4.69, 9.17) is 0 Å². The number of aryl methyl sites for hydroxylation is 1. The van der Waals surface area contributed by atoms with Crippen molar-refractivity contribution < 1.29 is 13.2 Å². The molecule has 0 aliphatic heterocycles. The lowest BCUT2D eigenvalue weighted by atomic mass is 9.96. The predicted octanol–water partition coefficient (Wildman–Crippen LogP) is 3.72. The molecule has 0 fully saturated rings. The van der Waals surface area contributed by atoms with Crippen LogP contribution in [0.15, 0.2) is 36.4 Å². The fraction of sp³-hybridized carbons (Fsp3) is 0.200. The first-order chi connectivity index (χ1) is 9.04. The Bertz CT molecular complexity index is 576. The van der Waals surface area contributed by atoms with E-state index >= 15 is 0 Å². The highest BCUT2D eigenvalue weighted by atomic mass is 19.1. The van der Waals surface area contributed by atoms with Gasteiger partial charge in [0.2, 0.25) is 0 Å². The summed E-state index contributed by atoms with van der Waals surface area (Å²) >= 11 is 0. The molecule has 0 radical (unpaired) electrons. The topological polar surface area (TPSA) is 12.0 Å². The minimum atomic E-state index is -0.652. The molecule has 19 heavy (non-hydrogen) atoms.